The van der Waals surface area contributed by atoms with Gasteiger partial charge in [-0.25, -0.2) is 9.78 Å². The van der Waals surface area contributed by atoms with Crippen molar-refractivity contribution >= 4 is 30.9 Å². The molecule has 0 saturated carbocycles. The molecule has 2 amide bonds. The highest BCUT2D eigenvalue weighted by atomic mass is 16.6. The number of nitrogens with zero attached hydrogens (tertiary/aromatic N) is 1. The van der Waals surface area contributed by atoms with Crippen LogP contribution >= 0.6 is 0 Å². The number of carbonyl (C=O) groups is 4. The summed E-state index contributed by atoms with van der Waals surface area (Å²) in [6.07, 6.45) is -2.44. The second-order valence-corrected chi connectivity index (χ2v) is 9.42. The maximum absolute atomic E-state index is 13.2. The van der Waals surface area contributed by atoms with Gasteiger partial charge < -0.3 is 29.8 Å². The van der Waals surface area contributed by atoms with E-state index in [9.17, 15) is 24.3 Å². The van der Waals surface area contributed by atoms with Gasteiger partial charge in [-0.1, -0.05) is 50.2 Å². The third-order valence-corrected chi connectivity index (χ3v) is 5.85. The predicted octanol–water partition coefficient (Wildman–Crippen LogP) is 1.29. The second kappa shape index (κ2) is 13.2. The van der Waals surface area contributed by atoms with E-state index in [2.05, 4.69) is 20.4 Å². The molecule has 1 aliphatic rings. The topological polar surface area (TPSA) is 153 Å². The van der Waals surface area contributed by atoms with Crippen molar-refractivity contribution in [2.75, 3.05) is 7.11 Å². The van der Waals surface area contributed by atoms with Crippen LogP contribution in [-0.4, -0.2) is 72.3 Å². The summed E-state index contributed by atoms with van der Waals surface area (Å²) >= 11 is 0. The van der Waals surface area contributed by atoms with Gasteiger partial charge in [0.2, 0.25) is 5.91 Å². The Morgan fingerprint density at radius 1 is 1.11 bits per heavy atom. The van der Waals surface area contributed by atoms with Gasteiger partial charge in [0.25, 0.3) is 11.9 Å². The van der Waals surface area contributed by atoms with Crippen molar-refractivity contribution in [2.24, 2.45) is 5.92 Å². The van der Waals surface area contributed by atoms with Crippen LogP contribution in [0.2, 0.25) is 0 Å². The van der Waals surface area contributed by atoms with Gasteiger partial charge in [-0.2, -0.15) is 0 Å². The highest BCUT2D eigenvalue weighted by Crippen LogP contribution is 2.19. The molecule has 3 rings (SSSR count). The van der Waals surface area contributed by atoms with E-state index < -0.39 is 55.1 Å². The molecule has 2 heterocycles. The maximum atomic E-state index is 13.2. The van der Waals surface area contributed by atoms with E-state index in [0.717, 1.165) is 5.56 Å². The number of carbonyl (C=O) groups excluding carboxylic acids is 4. The number of hydrogen-bond donors (Lipinski definition) is 3. The normalized spacial score (nSPS) is 17.7. The monoisotopic (exact) mass is 525 g/mol. The summed E-state index contributed by atoms with van der Waals surface area (Å²) in [7, 11) is -0.0878. The average molecular weight is 525 g/mol. The number of aliphatic hydroxyl groups excluding tert-OH is 1. The van der Waals surface area contributed by atoms with Crippen LogP contribution < -0.4 is 10.6 Å². The molecular formula is C26H32BN3O8. The number of nitrogens with one attached hydrogen (secondary N) is 2. The van der Waals surface area contributed by atoms with E-state index in [0.29, 0.717) is 12.1 Å². The summed E-state index contributed by atoms with van der Waals surface area (Å²) in [5.41, 5.74) is 1.45. The molecule has 0 spiro atoms. The zero-order chi connectivity index (χ0) is 27.8. The Kier molecular flexibility index (Phi) is 9.97. The number of hydrogen-bond acceptors (Lipinski definition) is 9. The molecule has 12 heteroatoms. The molecule has 38 heavy (non-hydrogen) atoms. The fourth-order valence-electron chi connectivity index (χ4n) is 3.98. The quantitative estimate of drug-likeness (QED) is 0.308. The van der Waals surface area contributed by atoms with Crippen LogP contribution in [0.15, 0.2) is 48.5 Å². The lowest BCUT2D eigenvalue weighted by Crippen LogP contribution is -2.60. The Bertz CT molecular complexity index is 1140. The minimum Gasteiger partial charge on any atom is -0.508 e. The van der Waals surface area contributed by atoms with Gasteiger partial charge in [-0.15, -0.1) is 0 Å². The van der Waals surface area contributed by atoms with E-state index in [1.165, 1.54) is 20.1 Å². The Morgan fingerprint density at radius 3 is 2.45 bits per heavy atom. The lowest BCUT2D eigenvalue weighted by atomic mass is 9.72. The molecule has 1 saturated heterocycles. The maximum Gasteiger partial charge on any atom is 0.551 e. The Morgan fingerprint density at radius 2 is 1.82 bits per heavy atom. The zero-order valence-corrected chi connectivity index (χ0v) is 21.7. The minimum absolute atomic E-state index is 0.0330. The van der Waals surface area contributed by atoms with Crippen LogP contribution in [0.1, 0.15) is 44.1 Å². The van der Waals surface area contributed by atoms with Crippen molar-refractivity contribution in [1.29, 1.82) is 0 Å². The van der Waals surface area contributed by atoms with E-state index in [-0.39, 0.29) is 18.0 Å². The number of aromatic nitrogens is 1. The third kappa shape index (κ3) is 7.62. The first-order valence-electron chi connectivity index (χ1n) is 12.3. The van der Waals surface area contributed by atoms with Crippen LogP contribution in [-0.2, 0) is 28.4 Å². The molecule has 4 atom stereocenters. The number of esters is 1. The van der Waals surface area contributed by atoms with Crippen molar-refractivity contribution in [3.63, 3.8) is 0 Å². The molecule has 0 bridgehead atoms. The lowest BCUT2D eigenvalue weighted by molar-refractivity contribution is -0.159. The van der Waals surface area contributed by atoms with Gasteiger partial charge in [0.1, 0.15) is 11.7 Å². The Balaban J connectivity index is 1.75. The highest BCUT2D eigenvalue weighted by Gasteiger charge is 2.45. The Labute approximate surface area is 221 Å². The number of methoxy groups -OCH3 is 1. The summed E-state index contributed by atoms with van der Waals surface area (Å²) in [6.45, 7) is 5.14. The van der Waals surface area contributed by atoms with Crippen molar-refractivity contribution in [3.8, 4) is 11.3 Å². The number of amides is 2. The van der Waals surface area contributed by atoms with Crippen molar-refractivity contribution in [2.45, 2.75) is 57.8 Å². The molecule has 1 fully saturated rings. The molecule has 202 valence electrons. The molecule has 2 aromatic rings. The van der Waals surface area contributed by atoms with E-state index >= 15 is 0 Å². The first kappa shape index (κ1) is 28.8. The summed E-state index contributed by atoms with van der Waals surface area (Å²) < 4.78 is 15.6. The number of pyridine rings is 1. The number of ether oxygens (including phenoxy) is 1. The Hall–Kier alpha value is -3.77. The predicted molar refractivity (Wildman–Crippen MR) is 137 cm³/mol. The lowest BCUT2D eigenvalue weighted by Gasteiger charge is -2.32. The van der Waals surface area contributed by atoms with Crippen molar-refractivity contribution in [1.82, 2.24) is 15.6 Å². The standard InChI is InChI=1S/C26H32BN3O8/c1-15(2)13-21(27-37-20(26(35)36-4)14-22(32)38-27)29-25(34)23(16(3)31)30-24(33)19-12-8-11-18(28-19)17-9-6-5-7-10-17/h5-12,15-16,20-21,23,31H,13-14H2,1-4H3,(H,29,34)(H,30,33)/t16-,20+,21+,23?/m1/s1. The van der Waals surface area contributed by atoms with E-state index in [1.54, 1.807) is 12.1 Å². The van der Waals surface area contributed by atoms with Crippen molar-refractivity contribution in [3.05, 3.63) is 54.2 Å². The SMILES string of the molecule is COC(=O)[C@@H]1CC(=O)OB([C@H](CC(C)C)NC(=O)C(NC(=O)c2cccc(-c3ccccc3)n2)[C@@H](C)O)O1. The molecule has 1 unspecified atom stereocenters. The van der Waals surface area contributed by atoms with Gasteiger partial charge in [-0.05, 0) is 31.4 Å². The molecule has 3 N–H and O–H groups in total. The fraction of sp³-hybridized carbons (Fsp3) is 0.423. The van der Waals surface area contributed by atoms with Crippen LogP contribution in [0.25, 0.3) is 11.3 Å². The van der Waals surface area contributed by atoms with Crippen LogP contribution in [0.4, 0.5) is 0 Å². The number of aliphatic hydroxyl groups is 1. The highest BCUT2D eigenvalue weighted by molar-refractivity contribution is 6.50. The van der Waals surface area contributed by atoms with Gasteiger partial charge >= 0.3 is 13.1 Å². The van der Waals surface area contributed by atoms with Gasteiger partial charge in [0.05, 0.1) is 31.3 Å². The third-order valence-electron chi connectivity index (χ3n) is 5.85. The number of benzene rings is 1. The first-order valence-corrected chi connectivity index (χ1v) is 12.3. The molecule has 0 radical (unpaired) electrons. The van der Waals surface area contributed by atoms with Gasteiger partial charge in [-0.3, -0.25) is 14.4 Å². The van der Waals surface area contributed by atoms with Crippen LogP contribution in [0.5, 0.6) is 0 Å². The first-order chi connectivity index (χ1) is 18.1. The van der Waals surface area contributed by atoms with Crippen LogP contribution in [0, 0.1) is 5.92 Å². The molecule has 11 nitrogen and oxygen atoms in total. The minimum atomic E-state index is -1.35. The molecular weight excluding hydrogens is 493 g/mol. The smallest absolute Gasteiger partial charge is 0.508 e. The van der Waals surface area contributed by atoms with Crippen LogP contribution in [0.3, 0.4) is 0 Å². The summed E-state index contributed by atoms with van der Waals surface area (Å²) in [6, 6.07) is 12.9. The van der Waals surface area contributed by atoms with Gasteiger partial charge in [0.15, 0.2) is 6.10 Å². The zero-order valence-electron chi connectivity index (χ0n) is 21.7. The van der Waals surface area contributed by atoms with Gasteiger partial charge in [0, 0.05) is 5.56 Å². The van der Waals surface area contributed by atoms with E-state index in [1.807, 2.05) is 44.2 Å². The largest absolute Gasteiger partial charge is 0.551 e. The fourth-order valence-corrected chi connectivity index (χ4v) is 3.98. The summed E-state index contributed by atoms with van der Waals surface area (Å²) in [5, 5.41) is 15.6. The molecule has 1 aromatic carbocycles. The molecule has 0 aliphatic carbocycles. The van der Waals surface area contributed by atoms with Crippen molar-refractivity contribution < 1.29 is 38.3 Å². The molecule has 1 aromatic heterocycles. The number of rotatable bonds is 10. The summed E-state index contributed by atoms with van der Waals surface area (Å²) in [5.74, 6) is -3.62. The summed E-state index contributed by atoms with van der Waals surface area (Å²) in [4.78, 5) is 54.7. The molecule has 1 aliphatic heterocycles. The van der Waals surface area contributed by atoms with E-state index in [4.69, 9.17) is 9.31 Å². The second-order valence-electron chi connectivity index (χ2n) is 9.42. The average Bonchev–Trinajstić information content (AvgIpc) is 2.90.